The van der Waals surface area contributed by atoms with Gasteiger partial charge in [-0.2, -0.15) is 0 Å². The lowest BCUT2D eigenvalue weighted by Gasteiger charge is -2.36. The van der Waals surface area contributed by atoms with Crippen molar-refractivity contribution in [2.24, 2.45) is 0 Å². The van der Waals surface area contributed by atoms with Gasteiger partial charge in [-0.05, 0) is 43.3 Å². The molecule has 3 aromatic rings. The Balaban J connectivity index is 1.24. The van der Waals surface area contributed by atoms with E-state index in [2.05, 4.69) is 20.4 Å². The van der Waals surface area contributed by atoms with Gasteiger partial charge in [-0.3, -0.25) is 9.59 Å². The fraction of sp³-hybridized carbons (Fsp3) is 0.360. The van der Waals surface area contributed by atoms with Gasteiger partial charge in [-0.15, -0.1) is 10.2 Å². The molecule has 1 aliphatic rings. The Morgan fingerprint density at radius 3 is 2.29 bits per heavy atom. The van der Waals surface area contributed by atoms with Crippen LogP contribution in [0, 0.1) is 6.92 Å². The average molecular weight is 480 g/mol. The number of benzene rings is 2. The molecule has 4 rings (SSSR count). The van der Waals surface area contributed by atoms with Gasteiger partial charge in [0, 0.05) is 49.0 Å². The highest BCUT2D eigenvalue weighted by atomic mass is 32.2. The molecule has 2 aromatic carbocycles. The summed E-state index contributed by atoms with van der Waals surface area (Å²) in [5.41, 5.74) is 3.68. The van der Waals surface area contributed by atoms with Crippen LogP contribution in [0.3, 0.4) is 0 Å². The lowest BCUT2D eigenvalue weighted by atomic mass is 10.1. The molecule has 0 unspecified atom stereocenters. The van der Waals surface area contributed by atoms with Crippen molar-refractivity contribution in [1.29, 1.82) is 0 Å². The Morgan fingerprint density at radius 2 is 1.68 bits per heavy atom. The van der Waals surface area contributed by atoms with Crippen molar-refractivity contribution in [1.82, 2.24) is 15.1 Å². The van der Waals surface area contributed by atoms with E-state index >= 15 is 0 Å². The summed E-state index contributed by atoms with van der Waals surface area (Å²) >= 11 is 1.22. The van der Waals surface area contributed by atoms with Crippen molar-refractivity contribution in [2.75, 3.05) is 42.1 Å². The Labute approximate surface area is 203 Å². The molecule has 178 valence electrons. The minimum absolute atomic E-state index is 0.0801. The smallest absolute Gasteiger partial charge is 0.277 e. The molecule has 0 saturated carbocycles. The van der Waals surface area contributed by atoms with E-state index in [0.717, 1.165) is 35.6 Å². The molecule has 0 aliphatic carbocycles. The molecule has 1 aromatic heterocycles. The van der Waals surface area contributed by atoms with E-state index in [9.17, 15) is 9.59 Å². The molecule has 2 amide bonds. The molecule has 0 radical (unpaired) electrons. The third-order valence-corrected chi connectivity index (χ3v) is 6.44. The first kappa shape index (κ1) is 23.8. The number of aryl methyl sites for hydroxylation is 1. The van der Waals surface area contributed by atoms with Crippen molar-refractivity contribution in [3.63, 3.8) is 0 Å². The van der Waals surface area contributed by atoms with Crippen LogP contribution in [0.2, 0.25) is 0 Å². The van der Waals surface area contributed by atoms with Crippen molar-refractivity contribution >= 4 is 35.0 Å². The Kier molecular flexibility index (Phi) is 7.52. The van der Waals surface area contributed by atoms with Gasteiger partial charge in [0.1, 0.15) is 0 Å². The summed E-state index contributed by atoms with van der Waals surface area (Å²) < 4.78 is 5.51. The number of thioether (sulfide) groups is 1. The molecule has 9 heteroatoms. The average Bonchev–Trinajstić information content (AvgIpc) is 3.33. The molecule has 34 heavy (non-hydrogen) atoms. The van der Waals surface area contributed by atoms with E-state index in [1.165, 1.54) is 11.8 Å². The standard InChI is InChI=1S/C25H29N5O3S/c1-17(2)23-27-28-25(33-23)34-16-22(31)26-20-8-10-21(11-9-20)29-12-14-30(15-13-29)24(32)19-6-4-18(3)5-7-19/h4-11,17H,12-16H2,1-3H3,(H,26,31). The fourth-order valence-electron chi connectivity index (χ4n) is 3.64. The summed E-state index contributed by atoms with van der Waals surface area (Å²) in [6.45, 7) is 8.85. The molecule has 0 bridgehead atoms. The molecule has 0 atom stereocenters. The van der Waals surface area contributed by atoms with Crippen LogP contribution in [0.1, 0.15) is 41.6 Å². The van der Waals surface area contributed by atoms with Gasteiger partial charge in [-0.1, -0.05) is 43.3 Å². The van der Waals surface area contributed by atoms with Gasteiger partial charge >= 0.3 is 0 Å². The lowest BCUT2D eigenvalue weighted by molar-refractivity contribution is -0.113. The first-order chi connectivity index (χ1) is 16.4. The number of rotatable bonds is 7. The number of anilines is 2. The highest BCUT2D eigenvalue weighted by Gasteiger charge is 2.22. The number of hydrogen-bond donors (Lipinski definition) is 1. The van der Waals surface area contributed by atoms with E-state index in [-0.39, 0.29) is 23.5 Å². The molecule has 1 aliphatic heterocycles. The van der Waals surface area contributed by atoms with Gasteiger partial charge in [0.25, 0.3) is 11.1 Å². The summed E-state index contributed by atoms with van der Waals surface area (Å²) in [7, 11) is 0. The highest BCUT2D eigenvalue weighted by molar-refractivity contribution is 7.99. The Morgan fingerprint density at radius 1 is 1.00 bits per heavy atom. The number of piperazine rings is 1. The second-order valence-electron chi connectivity index (χ2n) is 8.59. The van der Waals surface area contributed by atoms with Crippen molar-refractivity contribution < 1.29 is 14.0 Å². The number of carbonyl (C=O) groups excluding carboxylic acids is 2. The first-order valence-electron chi connectivity index (χ1n) is 11.4. The summed E-state index contributed by atoms with van der Waals surface area (Å²) in [5, 5.41) is 11.2. The van der Waals surface area contributed by atoms with E-state index in [1.54, 1.807) is 0 Å². The molecule has 1 N–H and O–H groups in total. The number of hydrogen-bond acceptors (Lipinski definition) is 7. The zero-order valence-electron chi connectivity index (χ0n) is 19.7. The fourth-order valence-corrected chi connectivity index (χ4v) is 4.21. The minimum Gasteiger partial charge on any atom is -0.416 e. The lowest BCUT2D eigenvalue weighted by Crippen LogP contribution is -2.48. The molecular weight excluding hydrogens is 450 g/mol. The van der Waals surface area contributed by atoms with Crippen molar-refractivity contribution in [2.45, 2.75) is 31.9 Å². The summed E-state index contributed by atoms with van der Waals surface area (Å²) in [6.07, 6.45) is 0. The van der Waals surface area contributed by atoms with Crippen molar-refractivity contribution in [3.05, 3.63) is 65.5 Å². The molecular formula is C25H29N5O3S. The van der Waals surface area contributed by atoms with Crippen LogP contribution in [0.4, 0.5) is 11.4 Å². The third kappa shape index (κ3) is 5.96. The number of amides is 2. The second-order valence-corrected chi connectivity index (χ2v) is 9.52. The van der Waals surface area contributed by atoms with Crippen molar-refractivity contribution in [3.8, 4) is 0 Å². The van der Waals surface area contributed by atoms with E-state index in [0.29, 0.717) is 24.2 Å². The van der Waals surface area contributed by atoms with Crippen LogP contribution >= 0.6 is 11.8 Å². The number of nitrogens with zero attached hydrogens (tertiary/aromatic N) is 4. The highest BCUT2D eigenvalue weighted by Crippen LogP contribution is 2.22. The molecule has 1 fully saturated rings. The number of aromatic nitrogens is 2. The molecule has 2 heterocycles. The molecule has 8 nitrogen and oxygen atoms in total. The Hall–Kier alpha value is -3.33. The predicted molar refractivity (Wildman–Crippen MR) is 133 cm³/mol. The third-order valence-electron chi connectivity index (χ3n) is 5.62. The number of nitrogens with one attached hydrogen (secondary N) is 1. The van der Waals surface area contributed by atoms with Gasteiger partial charge in [0.2, 0.25) is 11.8 Å². The largest absolute Gasteiger partial charge is 0.416 e. The molecule has 1 saturated heterocycles. The maximum Gasteiger partial charge on any atom is 0.277 e. The van der Waals surface area contributed by atoms with Crippen LogP contribution < -0.4 is 10.2 Å². The summed E-state index contributed by atoms with van der Waals surface area (Å²) in [5.74, 6) is 0.866. The maximum absolute atomic E-state index is 12.7. The zero-order valence-corrected chi connectivity index (χ0v) is 20.5. The SMILES string of the molecule is Cc1ccc(C(=O)N2CCN(c3ccc(NC(=O)CSc4nnc(C(C)C)o4)cc3)CC2)cc1. The normalized spacial score (nSPS) is 13.9. The van der Waals surface area contributed by atoms with Crippen LogP contribution in [0.25, 0.3) is 0 Å². The second kappa shape index (κ2) is 10.7. The van der Waals surface area contributed by atoms with Gasteiger partial charge in [-0.25, -0.2) is 0 Å². The van der Waals surface area contributed by atoms with E-state index in [4.69, 9.17) is 4.42 Å². The summed E-state index contributed by atoms with van der Waals surface area (Å²) in [6, 6.07) is 15.5. The number of carbonyl (C=O) groups is 2. The van der Waals surface area contributed by atoms with Gasteiger partial charge < -0.3 is 19.5 Å². The van der Waals surface area contributed by atoms with E-state index in [1.807, 2.05) is 74.2 Å². The van der Waals surface area contributed by atoms with Crippen LogP contribution in [-0.2, 0) is 4.79 Å². The maximum atomic E-state index is 12.7. The predicted octanol–water partition coefficient (Wildman–Crippen LogP) is 4.19. The van der Waals surface area contributed by atoms with Gasteiger partial charge in [0.05, 0.1) is 5.75 Å². The topological polar surface area (TPSA) is 91.6 Å². The summed E-state index contributed by atoms with van der Waals surface area (Å²) in [4.78, 5) is 29.2. The van der Waals surface area contributed by atoms with Gasteiger partial charge in [0.15, 0.2) is 0 Å². The van der Waals surface area contributed by atoms with Crippen LogP contribution in [-0.4, -0.2) is 58.8 Å². The first-order valence-corrected chi connectivity index (χ1v) is 12.3. The molecule has 0 spiro atoms. The zero-order chi connectivity index (χ0) is 24.1. The van der Waals surface area contributed by atoms with E-state index < -0.39 is 0 Å². The Bertz CT molecular complexity index is 1120. The monoisotopic (exact) mass is 479 g/mol. The van der Waals surface area contributed by atoms with Crippen LogP contribution in [0.15, 0.2) is 58.2 Å². The minimum atomic E-state index is -0.134. The van der Waals surface area contributed by atoms with Crippen LogP contribution in [0.5, 0.6) is 0 Å². The quantitative estimate of drug-likeness (QED) is 0.508.